The van der Waals surface area contributed by atoms with Gasteiger partial charge >= 0.3 is 0 Å². The summed E-state index contributed by atoms with van der Waals surface area (Å²) in [6.45, 7) is 4.18. The van der Waals surface area contributed by atoms with E-state index in [0.717, 1.165) is 18.5 Å². The molecule has 1 N–H and O–H groups in total. The number of carbonyl (C=O) groups excluding carboxylic acids is 1. The highest BCUT2D eigenvalue weighted by Gasteiger charge is 2.09. The highest BCUT2D eigenvalue weighted by molar-refractivity contribution is 5.94. The lowest BCUT2D eigenvalue weighted by atomic mass is 10.0. The minimum Gasteiger partial charge on any atom is -0.545 e. The molecule has 104 valence electrons. The lowest BCUT2D eigenvalue weighted by Gasteiger charge is -2.18. The number of carboxylic acids is 1. The Morgan fingerprint density at radius 3 is 2.15 bits per heavy atom. The molecule has 0 bridgehead atoms. The molecular formula is C17H18NO2-. The summed E-state index contributed by atoms with van der Waals surface area (Å²) in [7, 11) is 0. The van der Waals surface area contributed by atoms with Gasteiger partial charge in [-0.2, -0.15) is 0 Å². The summed E-state index contributed by atoms with van der Waals surface area (Å²) >= 11 is 0. The third kappa shape index (κ3) is 2.82. The molecule has 0 aliphatic rings. The van der Waals surface area contributed by atoms with Crippen molar-refractivity contribution in [1.82, 2.24) is 0 Å². The molecule has 20 heavy (non-hydrogen) atoms. The van der Waals surface area contributed by atoms with E-state index in [2.05, 4.69) is 31.3 Å². The fraction of sp³-hybridized carbons (Fsp3) is 0.235. The largest absolute Gasteiger partial charge is 0.545 e. The van der Waals surface area contributed by atoms with E-state index in [0.29, 0.717) is 5.69 Å². The van der Waals surface area contributed by atoms with Crippen LogP contribution < -0.4 is 10.4 Å². The van der Waals surface area contributed by atoms with E-state index in [1.54, 1.807) is 18.2 Å². The second kappa shape index (κ2) is 6.24. The first-order valence-electron chi connectivity index (χ1n) is 6.85. The fourth-order valence-electron chi connectivity index (χ4n) is 2.31. The number of carbonyl (C=O) groups is 1. The molecule has 3 nitrogen and oxygen atoms in total. The first-order chi connectivity index (χ1) is 9.67. The van der Waals surface area contributed by atoms with Gasteiger partial charge in [-0.1, -0.05) is 50.2 Å². The van der Waals surface area contributed by atoms with E-state index < -0.39 is 5.97 Å². The molecule has 2 aromatic carbocycles. The topological polar surface area (TPSA) is 52.2 Å². The summed E-state index contributed by atoms with van der Waals surface area (Å²) < 4.78 is 0. The van der Waals surface area contributed by atoms with E-state index in [-0.39, 0.29) is 5.56 Å². The second-order valence-electron chi connectivity index (χ2n) is 4.62. The van der Waals surface area contributed by atoms with Crippen molar-refractivity contribution in [1.29, 1.82) is 0 Å². The van der Waals surface area contributed by atoms with Crippen molar-refractivity contribution >= 4 is 17.3 Å². The molecule has 2 aromatic rings. The van der Waals surface area contributed by atoms with Crippen LogP contribution in [0.5, 0.6) is 0 Å². The zero-order chi connectivity index (χ0) is 14.5. The molecule has 0 aromatic heterocycles. The zero-order valence-electron chi connectivity index (χ0n) is 11.8. The third-order valence-corrected chi connectivity index (χ3v) is 3.41. The quantitative estimate of drug-likeness (QED) is 0.907. The first kappa shape index (κ1) is 14.1. The number of para-hydroxylation sites is 2. The summed E-state index contributed by atoms with van der Waals surface area (Å²) in [6.07, 6.45) is 1.79. The van der Waals surface area contributed by atoms with Gasteiger partial charge in [0.25, 0.3) is 0 Å². The molecule has 2 rings (SSSR count). The van der Waals surface area contributed by atoms with Gasteiger partial charge in [-0.05, 0) is 30.0 Å². The Bertz CT molecular complexity index is 598. The van der Waals surface area contributed by atoms with Crippen molar-refractivity contribution in [3.8, 4) is 0 Å². The van der Waals surface area contributed by atoms with Gasteiger partial charge in [0.15, 0.2) is 0 Å². The van der Waals surface area contributed by atoms with Gasteiger partial charge in [0.2, 0.25) is 0 Å². The minimum absolute atomic E-state index is 0.181. The Labute approximate surface area is 119 Å². The monoisotopic (exact) mass is 268 g/mol. The molecular weight excluding hydrogens is 250 g/mol. The maximum atomic E-state index is 11.2. The van der Waals surface area contributed by atoms with Gasteiger partial charge in [-0.15, -0.1) is 0 Å². The molecule has 0 unspecified atom stereocenters. The van der Waals surface area contributed by atoms with Crippen molar-refractivity contribution in [2.75, 3.05) is 5.32 Å². The number of hydrogen-bond donors (Lipinski definition) is 1. The number of aryl methyl sites for hydroxylation is 2. The lowest BCUT2D eigenvalue weighted by Crippen LogP contribution is -2.23. The van der Waals surface area contributed by atoms with Crippen LogP contribution in [0.2, 0.25) is 0 Å². The van der Waals surface area contributed by atoms with E-state index in [1.165, 1.54) is 11.1 Å². The average Bonchev–Trinajstić information content (AvgIpc) is 2.47. The standard InChI is InChI=1S/C17H19NO2/c1-3-12-8-7-9-13(4-2)16(12)18-15-11-6-5-10-14(15)17(19)20/h5-11,18H,3-4H2,1-2H3,(H,19,20)/p-1. The number of anilines is 2. The van der Waals surface area contributed by atoms with Gasteiger partial charge < -0.3 is 15.2 Å². The number of hydrogen-bond acceptors (Lipinski definition) is 3. The van der Waals surface area contributed by atoms with Crippen LogP contribution in [0.15, 0.2) is 42.5 Å². The maximum Gasteiger partial charge on any atom is 0.0736 e. The molecule has 0 aliphatic carbocycles. The van der Waals surface area contributed by atoms with Crippen molar-refractivity contribution in [3.05, 3.63) is 59.2 Å². The van der Waals surface area contributed by atoms with E-state index in [4.69, 9.17) is 0 Å². The molecule has 0 amide bonds. The SMILES string of the molecule is CCc1cccc(CC)c1Nc1ccccc1C(=O)[O-]. The van der Waals surface area contributed by atoms with Crippen LogP contribution in [0.3, 0.4) is 0 Å². The zero-order valence-corrected chi connectivity index (χ0v) is 11.8. The van der Waals surface area contributed by atoms with Crippen molar-refractivity contribution < 1.29 is 9.90 Å². The van der Waals surface area contributed by atoms with Gasteiger partial charge in [-0.3, -0.25) is 0 Å². The Morgan fingerprint density at radius 1 is 1.00 bits per heavy atom. The van der Waals surface area contributed by atoms with Crippen molar-refractivity contribution in [2.45, 2.75) is 26.7 Å². The van der Waals surface area contributed by atoms with Crippen LogP contribution in [0.4, 0.5) is 11.4 Å². The van der Waals surface area contributed by atoms with Gasteiger partial charge in [0.1, 0.15) is 0 Å². The maximum absolute atomic E-state index is 11.2. The number of rotatable bonds is 5. The molecule has 0 radical (unpaired) electrons. The van der Waals surface area contributed by atoms with Gasteiger partial charge in [0.05, 0.1) is 5.97 Å². The molecule has 0 spiro atoms. The normalized spacial score (nSPS) is 10.3. The summed E-state index contributed by atoms with van der Waals surface area (Å²) in [5.41, 5.74) is 4.12. The predicted octanol–water partition coefficient (Wildman–Crippen LogP) is 2.92. The molecule has 0 saturated heterocycles. The van der Waals surface area contributed by atoms with E-state index >= 15 is 0 Å². The van der Waals surface area contributed by atoms with Crippen LogP contribution in [-0.4, -0.2) is 5.97 Å². The van der Waals surface area contributed by atoms with Crippen LogP contribution in [0.1, 0.15) is 35.3 Å². The van der Waals surface area contributed by atoms with Gasteiger partial charge in [-0.25, -0.2) is 0 Å². The molecule has 0 atom stereocenters. The Kier molecular flexibility index (Phi) is 4.41. The molecule has 0 aliphatic heterocycles. The molecule has 0 saturated carbocycles. The summed E-state index contributed by atoms with van der Waals surface area (Å²) in [4.78, 5) is 11.2. The summed E-state index contributed by atoms with van der Waals surface area (Å²) in [5.74, 6) is -1.17. The first-order valence-corrected chi connectivity index (χ1v) is 6.85. The van der Waals surface area contributed by atoms with Crippen LogP contribution in [0.25, 0.3) is 0 Å². The highest BCUT2D eigenvalue weighted by Crippen LogP contribution is 2.28. The number of nitrogens with one attached hydrogen (secondary N) is 1. The van der Waals surface area contributed by atoms with Gasteiger partial charge in [0, 0.05) is 16.9 Å². The number of aromatic carboxylic acids is 1. The Balaban J connectivity index is 2.47. The summed E-state index contributed by atoms with van der Waals surface area (Å²) in [6, 6.07) is 13.0. The summed E-state index contributed by atoms with van der Waals surface area (Å²) in [5, 5.41) is 14.4. The van der Waals surface area contributed by atoms with Crippen LogP contribution in [-0.2, 0) is 12.8 Å². The van der Waals surface area contributed by atoms with Crippen LogP contribution >= 0.6 is 0 Å². The minimum atomic E-state index is -1.17. The van der Waals surface area contributed by atoms with Crippen molar-refractivity contribution in [2.24, 2.45) is 0 Å². The number of carboxylic acid groups (broad SMARTS) is 1. The van der Waals surface area contributed by atoms with Crippen LogP contribution in [0, 0.1) is 0 Å². The molecule has 0 heterocycles. The smallest absolute Gasteiger partial charge is 0.0736 e. The van der Waals surface area contributed by atoms with E-state index in [9.17, 15) is 9.90 Å². The Hall–Kier alpha value is -2.29. The molecule has 3 heteroatoms. The highest BCUT2D eigenvalue weighted by atomic mass is 16.4. The Morgan fingerprint density at radius 2 is 1.60 bits per heavy atom. The average molecular weight is 268 g/mol. The second-order valence-corrected chi connectivity index (χ2v) is 4.62. The molecule has 0 fully saturated rings. The lowest BCUT2D eigenvalue weighted by molar-refractivity contribution is -0.254. The fourth-order valence-corrected chi connectivity index (χ4v) is 2.31. The predicted molar refractivity (Wildman–Crippen MR) is 79.3 cm³/mol. The third-order valence-electron chi connectivity index (χ3n) is 3.41. The number of benzene rings is 2. The van der Waals surface area contributed by atoms with E-state index in [1.807, 2.05) is 12.1 Å². The van der Waals surface area contributed by atoms with Crippen molar-refractivity contribution in [3.63, 3.8) is 0 Å².